The Morgan fingerprint density at radius 1 is 1.60 bits per heavy atom. The predicted octanol–water partition coefficient (Wildman–Crippen LogP) is 2.58. The Morgan fingerprint density at radius 2 is 2.33 bits per heavy atom. The molecule has 0 saturated heterocycles. The zero-order chi connectivity index (χ0) is 11.3. The van der Waals surface area contributed by atoms with Crippen LogP contribution < -0.4 is 0 Å². The Morgan fingerprint density at radius 3 is 2.87 bits per heavy atom. The standard InChI is InChI=1S/C12H17NO2/c1-3-15-12(14)11(8-13)10-7-5-4-6-9(10)2/h9H,3-7H2,1-2H3/b11-10-. The number of carbonyl (C=O) groups excluding carboxylic acids is 1. The molecule has 0 spiro atoms. The highest BCUT2D eigenvalue weighted by atomic mass is 16.5. The highest BCUT2D eigenvalue weighted by molar-refractivity contribution is 5.93. The van der Waals surface area contributed by atoms with Crippen LogP contribution in [0.1, 0.15) is 39.5 Å². The van der Waals surface area contributed by atoms with E-state index in [-0.39, 0.29) is 5.57 Å². The predicted molar refractivity (Wildman–Crippen MR) is 56.9 cm³/mol. The molecule has 0 aromatic heterocycles. The van der Waals surface area contributed by atoms with Crippen molar-refractivity contribution in [1.29, 1.82) is 5.26 Å². The van der Waals surface area contributed by atoms with Crippen molar-refractivity contribution in [1.82, 2.24) is 0 Å². The monoisotopic (exact) mass is 207 g/mol. The third-order valence-electron chi connectivity index (χ3n) is 2.84. The van der Waals surface area contributed by atoms with Gasteiger partial charge in [-0.1, -0.05) is 13.3 Å². The summed E-state index contributed by atoms with van der Waals surface area (Å²) >= 11 is 0. The Balaban J connectivity index is 2.91. The summed E-state index contributed by atoms with van der Waals surface area (Å²) < 4.78 is 4.88. The molecule has 0 amide bonds. The van der Waals surface area contributed by atoms with E-state index in [4.69, 9.17) is 10.00 Å². The molecule has 0 aromatic carbocycles. The fourth-order valence-electron chi connectivity index (χ4n) is 2.01. The van der Waals surface area contributed by atoms with Crippen LogP contribution in [0.4, 0.5) is 0 Å². The lowest BCUT2D eigenvalue weighted by Gasteiger charge is -2.22. The molecule has 1 aliphatic rings. The summed E-state index contributed by atoms with van der Waals surface area (Å²) in [4.78, 5) is 11.5. The summed E-state index contributed by atoms with van der Waals surface area (Å²) in [5.74, 6) is -0.110. The molecule has 3 nitrogen and oxygen atoms in total. The summed E-state index contributed by atoms with van der Waals surface area (Å²) in [6, 6.07) is 1.99. The second kappa shape index (κ2) is 5.55. The van der Waals surface area contributed by atoms with E-state index in [0.29, 0.717) is 12.5 Å². The Labute approximate surface area is 90.7 Å². The molecular weight excluding hydrogens is 190 g/mol. The van der Waals surface area contributed by atoms with E-state index in [0.717, 1.165) is 24.8 Å². The molecule has 1 aliphatic carbocycles. The summed E-state index contributed by atoms with van der Waals surface area (Å²) in [6.07, 6.45) is 4.19. The van der Waals surface area contributed by atoms with E-state index in [1.165, 1.54) is 6.42 Å². The quantitative estimate of drug-likeness (QED) is 0.397. The van der Waals surface area contributed by atoms with Gasteiger partial charge in [0.2, 0.25) is 0 Å². The molecule has 82 valence electrons. The van der Waals surface area contributed by atoms with E-state index >= 15 is 0 Å². The number of hydrogen-bond donors (Lipinski definition) is 0. The van der Waals surface area contributed by atoms with Crippen molar-refractivity contribution < 1.29 is 9.53 Å². The first-order valence-corrected chi connectivity index (χ1v) is 5.51. The van der Waals surface area contributed by atoms with Gasteiger partial charge in [-0.25, -0.2) is 4.79 Å². The van der Waals surface area contributed by atoms with Crippen LogP contribution in [0.2, 0.25) is 0 Å². The molecule has 0 heterocycles. The molecule has 1 rings (SSSR count). The molecule has 0 aliphatic heterocycles. The minimum absolute atomic E-state index is 0.240. The smallest absolute Gasteiger partial charge is 0.348 e. The zero-order valence-corrected chi connectivity index (χ0v) is 9.38. The average molecular weight is 207 g/mol. The van der Waals surface area contributed by atoms with Crippen molar-refractivity contribution >= 4 is 5.97 Å². The van der Waals surface area contributed by atoms with E-state index in [1.54, 1.807) is 6.92 Å². The third kappa shape index (κ3) is 2.82. The fourth-order valence-corrected chi connectivity index (χ4v) is 2.01. The van der Waals surface area contributed by atoms with Gasteiger partial charge in [-0.05, 0) is 37.7 Å². The van der Waals surface area contributed by atoms with Gasteiger partial charge in [-0.15, -0.1) is 0 Å². The van der Waals surface area contributed by atoms with Crippen LogP contribution in [0.3, 0.4) is 0 Å². The molecular formula is C12H17NO2. The highest BCUT2D eigenvalue weighted by Crippen LogP contribution is 2.31. The van der Waals surface area contributed by atoms with Crippen molar-refractivity contribution in [2.45, 2.75) is 39.5 Å². The summed E-state index contributed by atoms with van der Waals surface area (Å²) in [6.45, 7) is 4.15. The molecule has 0 radical (unpaired) electrons. The summed E-state index contributed by atoms with van der Waals surface area (Å²) in [7, 11) is 0. The Bertz CT molecular complexity index is 312. The van der Waals surface area contributed by atoms with E-state index in [9.17, 15) is 4.79 Å². The van der Waals surface area contributed by atoms with Gasteiger partial charge in [-0.2, -0.15) is 5.26 Å². The fraction of sp³-hybridized carbons (Fsp3) is 0.667. The minimum atomic E-state index is -0.455. The largest absolute Gasteiger partial charge is 0.462 e. The number of esters is 1. The van der Waals surface area contributed by atoms with Crippen LogP contribution in [-0.4, -0.2) is 12.6 Å². The van der Waals surface area contributed by atoms with Crippen molar-refractivity contribution in [3.8, 4) is 6.07 Å². The van der Waals surface area contributed by atoms with E-state index < -0.39 is 5.97 Å². The third-order valence-corrected chi connectivity index (χ3v) is 2.84. The molecule has 1 unspecified atom stereocenters. The van der Waals surface area contributed by atoms with Crippen molar-refractivity contribution in [2.24, 2.45) is 5.92 Å². The molecule has 1 atom stereocenters. The van der Waals surface area contributed by atoms with Gasteiger partial charge < -0.3 is 4.74 Å². The van der Waals surface area contributed by atoms with Gasteiger partial charge in [0, 0.05) is 0 Å². The highest BCUT2D eigenvalue weighted by Gasteiger charge is 2.23. The Hall–Kier alpha value is -1.30. The SMILES string of the molecule is CCOC(=O)/C(C#N)=C1/CCCCC1C. The molecule has 1 saturated carbocycles. The Kier molecular flexibility index (Phi) is 4.36. The van der Waals surface area contributed by atoms with Crippen LogP contribution >= 0.6 is 0 Å². The lowest BCUT2D eigenvalue weighted by molar-refractivity contribution is -0.138. The average Bonchev–Trinajstić information content (AvgIpc) is 2.22. The van der Waals surface area contributed by atoms with Crippen molar-refractivity contribution in [3.63, 3.8) is 0 Å². The first-order valence-electron chi connectivity index (χ1n) is 5.51. The second-order valence-electron chi connectivity index (χ2n) is 3.88. The second-order valence-corrected chi connectivity index (χ2v) is 3.88. The lowest BCUT2D eigenvalue weighted by Crippen LogP contribution is -2.15. The number of rotatable bonds is 2. The molecule has 3 heteroatoms. The van der Waals surface area contributed by atoms with Gasteiger partial charge in [0.15, 0.2) is 0 Å². The number of nitriles is 1. The van der Waals surface area contributed by atoms with Gasteiger partial charge in [0.05, 0.1) is 6.61 Å². The van der Waals surface area contributed by atoms with Gasteiger partial charge >= 0.3 is 5.97 Å². The molecule has 0 bridgehead atoms. The minimum Gasteiger partial charge on any atom is -0.462 e. The summed E-state index contributed by atoms with van der Waals surface area (Å²) in [5, 5.41) is 8.98. The normalized spacial score (nSPS) is 24.2. The van der Waals surface area contributed by atoms with Crippen LogP contribution in [0, 0.1) is 17.2 Å². The topological polar surface area (TPSA) is 50.1 Å². The first kappa shape index (κ1) is 11.8. The van der Waals surface area contributed by atoms with E-state index in [2.05, 4.69) is 6.92 Å². The van der Waals surface area contributed by atoms with Crippen LogP contribution in [-0.2, 0) is 9.53 Å². The maximum absolute atomic E-state index is 11.5. The number of nitrogens with zero attached hydrogens (tertiary/aromatic N) is 1. The maximum Gasteiger partial charge on any atom is 0.348 e. The van der Waals surface area contributed by atoms with E-state index in [1.807, 2.05) is 6.07 Å². The van der Waals surface area contributed by atoms with Crippen LogP contribution in [0.15, 0.2) is 11.1 Å². The zero-order valence-electron chi connectivity index (χ0n) is 9.38. The number of carbonyl (C=O) groups is 1. The lowest BCUT2D eigenvalue weighted by atomic mass is 9.83. The van der Waals surface area contributed by atoms with Crippen molar-refractivity contribution in [3.05, 3.63) is 11.1 Å². The van der Waals surface area contributed by atoms with Gasteiger partial charge in [-0.3, -0.25) is 0 Å². The van der Waals surface area contributed by atoms with Crippen LogP contribution in [0.5, 0.6) is 0 Å². The van der Waals surface area contributed by atoms with Gasteiger partial charge in [0.1, 0.15) is 11.6 Å². The molecule has 0 aromatic rings. The first-order chi connectivity index (χ1) is 7.20. The summed E-state index contributed by atoms with van der Waals surface area (Å²) in [5.41, 5.74) is 1.23. The van der Waals surface area contributed by atoms with Crippen LogP contribution in [0.25, 0.3) is 0 Å². The molecule has 0 N–H and O–H groups in total. The van der Waals surface area contributed by atoms with Crippen molar-refractivity contribution in [2.75, 3.05) is 6.61 Å². The molecule has 1 fully saturated rings. The number of hydrogen-bond acceptors (Lipinski definition) is 3. The molecule has 15 heavy (non-hydrogen) atoms. The number of allylic oxidation sites excluding steroid dienone is 1. The van der Waals surface area contributed by atoms with Gasteiger partial charge in [0.25, 0.3) is 0 Å². The number of ether oxygens (including phenoxy) is 1. The maximum atomic E-state index is 11.5.